The van der Waals surface area contributed by atoms with E-state index in [-0.39, 0.29) is 24.2 Å². The van der Waals surface area contributed by atoms with Crippen LogP contribution < -0.4 is 16.4 Å². The van der Waals surface area contributed by atoms with Gasteiger partial charge in [0.25, 0.3) is 5.91 Å². The minimum Gasteiger partial charge on any atom is -0.376 e. The van der Waals surface area contributed by atoms with Gasteiger partial charge < -0.3 is 16.4 Å². The Morgan fingerprint density at radius 2 is 1.90 bits per heavy atom. The number of anilines is 1. The number of hydrogen-bond donors (Lipinski definition) is 4. The zero-order chi connectivity index (χ0) is 22.0. The molecule has 0 fully saturated rings. The number of halogens is 3. The van der Waals surface area contributed by atoms with Gasteiger partial charge in [0.15, 0.2) is 0 Å². The number of carbonyl (C=O) groups excluding carboxylic acids is 1. The highest BCUT2D eigenvalue weighted by molar-refractivity contribution is 7.80. The van der Waals surface area contributed by atoms with Crippen LogP contribution in [0.2, 0.25) is 0 Å². The number of benzene rings is 1. The first-order valence-electron chi connectivity index (χ1n) is 9.23. The first-order valence-corrected chi connectivity index (χ1v) is 9.86. The van der Waals surface area contributed by atoms with E-state index in [2.05, 4.69) is 28.2 Å². The summed E-state index contributed by atoms with van der Waals surface area (Å²) in [5.74, 6) is 0.0816. The molecule has 5 nitrogen and oxygen atoms in total. The summed E-state index contributed by atoms with van der Waals surface area (Å²) in [7, 11) is 0. The van der Waals surface area contributed by atoms with E-state index in [0.29, 0.717) is 22.3 Å². The fourth-order valence-corrected chi connectivity index (χ4v) is 2.99. The molecule has 1 amide bonds. The zero-order valence-electron chi connectivity index (χ0n) is 16.9. The third-order valence-electron chi connectivity index (χ3n) is 4.41. The van der Waals surface area contributed by atoms with Crippen molar-refractivity contribution in [2.24, 2.45) is 5.73 Å². The van der Waals surface area contributed by atoms with E-state index in [4.69, 9.17) is 5.73 Å². The van der Waals surface area contributed by atoms with Crippen LogP contribution in [0.15, 0.2) is 18.2 Å². The maximum absolute atomic E-state index is 12.6. The lowest BCUT2D eigenvalue weighted by atomic mass is 9.84. The predicted molar refractivity (Wildman–Crippen MR) is 114 cm³/mol. The molecule has 1 heterocycles. The quantitative estimate of drug-likeness (QED) is 0.528. The number of pyridine rings is 1. The van der Waals surface area contributed by atoms with E-state index in [1.807, 2.05) is 20.8 Å². The monoisotopic (exact) mass is 428 g/mol. The molecule has 160 valence electrons. The number of nitrogens with one attached hydrogen (secondary N) is 2. The van der Waals surface area contributed by atoms with E-state index in [0.717, 1.165) is 11.1 Å². The van der Waals surface area contributed by atoms with Gasteiger partial charge in [-0.3, -0.25) is 4.79 Å². The van der Waals surface area contributed by atoms with E-state index in [9.17, 15) is 18.0 Å². The van der Waals surface area contributed by atoms with Crippen molar-refractivity contribution in [3.05, 3.63) is 35.0 Å². The van der Waals surface area contributed by atoms with E-state index < -0.39 is 18.1 Å². The molecule has 0 bridgehead atoms. The summed E-state index contributed by atoms with van der Waals surface area (Å²) in [5, 5.41) is 5.87. The maximum Gasteiger partial charge on any atom is 0.405 e. The Hall–Kier alpha value is -2.00. The highest BCUT2D eigenvalue weighted by Gasteiger charge is 2.27. The van der Waals surface area contributed by atoms with Gasteiger partial charge in [-0.1, -0.05) is 20.8 Å². The van der Waals surface area contributed by atoms with Gasteiger partial charge in [-0.2, -0.15) is 25.8 Å². The van der Waals surface area contributed by atoms with E-state index in [1.165, 1.54) is 0 Å². The van der Waals surface area contributed by atoms with Crippen LogP contribution in [0.3, 0.4) is 0 Å². The van der Waals surface area contributed by atoms with Crippen molar-refractivity contribution >= 4 is 35.1 Å². The molecule has 1 aromatic heterocycles. The van der Waals surface area contributed by atoms with Crippen molar-refractivity contribution in [2.45, 2.75) is 45.3 Å². The van der Waals surface area contributed by atoms with Crippen molar-refractivity contribution < 1.29 is 18.0 Å². The molecule has 2 rings (SSSR count). The van der Waals surface area contributed by atoms with Crippen LogP contribution in [0, 0.1) is 6.92 Å². The number of carbonyl (C=O) groups is 1. The molecular weight excluding hydrogens is 401 g/mol. The summed E-state index contributed by atoms with van der Waals surface area (Å²) in [6.45, 7) is 6.80. The molecular formula is C20H27F3N4OS. The minimum absolute atomic E-state index is 0.239. The Balaban J connectivity index is 2.51. The summed E-state index contributed by atoms with van der Waals surface area (Å²) >= 11 is 4.09. The first kappa shape index (κ1) is 23.3. The van der Waals surface area contributed by atoms with E-state index in [1.54, 1.807) is 25.1 Å². The highest BCUT2D eigenvalue weighted by atomic mass is 32.1. The lowest BCUT2D eigenvalue weighted by Crippen LogP contribution is -2.38. The maximum atomic E-state index is 12.6. The third-order valence-corrected chi connectivity index (χ3v) is 4.88. The molecule has 29 heavy (non-hydrogen) atoms. The van der Waals surface area contributed by atoms with Gasteiger partial charge >= 0.3 is 6.18 Å². The second-order valence-corrected chi connectivity index (χ2v) is 8.48. The number of aryl methyl sites for hydroxylation is 1. The fourth-order valence-electron chi connectivity index (χ4n) is 2.86. The molecule has 9 heteroatoms. The van der Waals surface area contributed by atoms with Gasteiger partial charge in [0, 0.05) is 29.4 Å². The number of nitrogens with two attached hydrogens (primary N) is 1. The molecule has 0 aliphatic heterocycles. The predicted octanol–water partition coefficient (Wildman–Crippen LogP) is 3.80. The number of hydrogen-bond acceptors (Lipinski definition) is 5. The molecule has 0 saturated carbocycles. The van der Waals surface area contributed by atoms with Gasteiger partial charge in [0.1, 0.15) is 12.2 Å². The summed E-state index contributed by atoms with van der Waals surface area (Å²) in [5.41, 5.74) is 8.09. The van der Waals surface area contributed by atoms with Crippen molar-refractivity contribution in [2.75, 3.05) is 24.2 Å². The third kappa shape index (κ3) is 6.24. The molecule has 0 saturated heterocycles. The smallest absolute Gasteiger partial charge is 0.376 e. The van der Waals surface area contributed by atoms with Crippen LogP contribution in [-0.2, 0) is 5.41 Å². The Bertz CT molecular complexity index is 894. The van der Waals surface area contributed by atoms with Crippen LogP contribution in [0.5, 0.6) is 0 Å². The topological polar surface area (TPSA) is 80.0 Å². The van der Waals surface area contributed by atoms with Crippen molar-refractivity contribution in [1.29, 1.82) is 0 Å². The van der Waals surface area contributed by atoms with Gasteiger partial charge in [0.2, 0.25) is 0 Å². The normalized spacial score (nSPS) is 13.4. The lowest BCUT2D eigenvalue weighted by molar-refractivity contribution is -0.115. The van der Waals surface area contributed by atoms with Crippen LogP contribution >= 0.6 is 12.6 Å². The zero-order valence-corrected chi connectivity index (χ0v) is 17.8. The molecule has 0 aliphatic carbocycles. The van der Waals surface area contributed by atoms with Gasteiger partial charge in [-0.15, -0.1) is 0 Å². The number of aromatic nitrogens is 1. The van der Waals surface area contributed by atoms with Gasteiger partial charge in [0.05, 0.1) is 5.52 Å². The van der Waals surface area contributed by atoms with Crippen molar-refractivity contribution in [1.82, 2.24) is 10.3 Å². The summed E-state index contributed by atoms with van der Waals surface area (Å²) < 4.78 is 37.9. The number of fused-ring (bicyclic) bond motifs is 1. The van der Waals surface area contributed by atoms with Gasteiger partial charge in [-0.25, -0.2) is 4.98 Å². The molecule has 1 atom stereocenters. The van der Waals surface area contributed by atoms with Gasteiger partial charge in [-0.05, 0) is 41.7 Å². The Morgan fingerprint density at radius 3 is 2.45 bits per heavy atom. The molecule has 0 unspecified atom stereocenters. The molecule has 1 aromatic carbocycles. The van der Waals surface area contributed by atoms with Crippen LogP contribution in [0.1, 0.15) is 42.4 Å². The first-order chi connectivity index (χ1) is 13.3. The van der Waals surface area contributed by atoms with Crippen molar-refractivity contribution in [3.8, 4) is 0 Å². The average Bonchev–Trinajstić information content (AvgIpc) is 2.62. The Kier molecular flexibility index (Phi) is 7.06. The van der Waals surface area contributed by atoms with Crippen molar-refractivity contribution in [3.63, 3.8) is 0 Å². The standard InChI is InChI=1S/C20H27F3N4OS/c1-11-5-16(18(28)25-8-12(24)9-29)27-17-14(11)6-13(26-10-20(21,22)23)7-15(17)19(2,3)4/h5-7,12,26,29H,8-10,24H2,1-4H3,(H,25,28)/t12-/m1/s1. The fraction of sp³-hybridized carbons (Fsp3) is 0.500. The van der Waals surface area contributed by atoms with E-state index >= 15 is 0 Å². The largest absolute Gasteiger partial charge is 0.405 e. The average molecular weight is 429 g/mol. The molecule has 2 aromatic rings. The second kappa shape index (κ2) is 8.79. The summed E-state index contributed by atoms with van der Waals surface area (Å²) in [4.78, 5) is 17.0. The molecule has 0 radical (unpaired) electrons. The lowest BCUT2D eigenvalue weighted by Gasteiger charge is -2.23. The number of thiol groups is 1. The molecule has 4 N–H and O–H groups in total. The van der Waals surface area contributed by atoms with Crippen LogP contribution in [0.4, 0.5) is 18.9 Å². The number of alkyl halides is 3. The van der Waals surface area contributed by atoms with Crippen LogP contribution in [-0.4, -0.2) is 42.0 Å². The second-order valence-electron chi connectivity index (χ2n) is 8.12. The number of rotatable bonds is 6. The number of nitrogens with zero attached hydrogens (tertiary/aromatic N) is 1. The van der Waals surface area contributed by atoms with Crippen LogP contribution in [0.25, 0.3) is 10.9 Å². The summed E-state index contributed by atoms with van der Waals surface area (Å²) in [6.07, 6.45) is -4.32. The molecule has 0 aliphatic rings. The summed E-state index contributed by atoms with van der Waals surface area (Å²) in [6, 6.07) is 4.66. The Labute approximate surface area is 174 Å². The molecule has 0 spiro atoms. The highest BCUT2D eigenvalue weighted by Crippen LogP contribution is 2.34. The Morgan fingerprint density at radius 1 is 1.24 bits per heavy atom. The number of amides is 1. The minimum atomic E-state index is -4.32. The SMILES string of the molecule is Cc1cc(C(=O)NC[C@@H](N)CS)nc2c(C(C)(C)C)cc(NCC(F)(F)F)cc12.